The molecule has 0 N–H and O–H groups in total. The van der Waals surface area contributed by atoms with E-state index in [1.807, 2.05) is 27.0 Å². The Bertz CT molecular complexity index is 154. The van der Waals surface area contributed by atoms with Crippen molar-refractivity contribution in [3.05, 3.63) is 11.8 Å². The Kier molecular flexibility index (Phi) is 4.03. The van der Waals surface area contributed by atoms with Gasteiger partial charge in [-0.3, -0.25) is 4.79 Å². The average molecular weight is 157 g/mol. The topological polar surface area (TPSA) is 20.3 Å². The van der Waals surface area contributed by atoms with E-state index < -0.39 is 0 Å². The summed E-state index contributed by atoms with van der Waals surface area (Å²) in [6, 6.07) is 0.710. The van der Waals surface area contributed by atoms with Crippen LogP contribution in [-0.4, -0.2) is 28.1 Å². The maximum absolute atomic E-state index is 11.0. The third-order valence-corrected chi connectivity index (χ3v) is 2.23. The Morgan fingerprint density at radius 1 is 1.70 bits per heavy atom. The van der Waals surface area contributed by atoms with Crippen LogP contribution in [0.5, 0.6) is 0 Å². The zero-order valence-corrected chi connectivity index (χ0v) is 9.14. The Labute approximate surface area is 65.3 Å². The van der Waals surface area contributed by atoms with Crippen LogP contribution in [0, 0.1) is 0 Å². The predicted octanol–water partition coefficient (Wildman–Crippen LogP) is 0.152. The van der Waals surface area contributed by atoms with Gasteiger partial charge in [0.25, 0.3) is 0 Å². The second kappa shape index (κ2) is 4.28. The molecule has 0 spiro atoms. The Balaban J connectivity index is 4.08. The van der Waals surface area contributed by atoms with E-state index in [1.165, 1.54) is 0 Å². The molecule has 0 unspecified atom stereocenters. The summed E-state index contributed by atoms with van der Waals surface area (Å²) in [4.78, 5) is 12.7. The lowest BCUT2D eigenvalue weighted by Crippen LogP contribution is -2.23. The van der Waals surface area contributed by atoms with Gasteiger partial charge in [0.2, 0.25) is 5.91 Å². The molecule has 0 radical (unpaired) electrons. The van der Waals surface area contributed by atoms with Crippen LogP contribution in [0.3, 0.4) is 0 Å². The Morgan fingerprint density at radius 2 is 2.20 bits per heavy atom. The molecule has 0 atom stereocenters. The highest BCUT2D eigenvalue weighted by Gasteiger charge is 2.04. The largest absolute Gasteiger partial charge is 0.320 e. The molecule has 58 valence electrons. The summed E-state index contributed by atoms with van der Waals surface area (Å²) in [6.45, 7) is 3.88. The van der Waals surface area contributed by atoms with Crippen LogP contribution < -0.4 is 0 Å². The van der Waals surface area contributed by atoms with E-state index in [2.05, 4.69) is 0 Å². The van der Waals surface area contributed by atoms with E-state index in [9.17, 15) is 4.79 Å². The maximum Gasteiger partial charge on any atom is 0.222 e. The smallest absolute Gasteiger partial charge is 0.222 e. The van der Waals surface area contributed by atoms with Crippen LogP contribution >= 0.6 is 0 Å². The van der Waals surface area contributed by atoms with E-state index in [4.69, 9.17) is 0 Å². The third-order valence-electron chi connectivity index (χ3n) is 1.62. The van der Waals surface area contributed by atoms with E-state index in [0.29, 0.717) is 6.04 Å². The molecule has 3 heteroatoms. The number of hydrogen-bond donors (Lipinski definition) is 0. The van der Waals surface area contributed by atoms with E-state index >= 15 is 0 Å². The Morgan fingerprint density at radius 3 is 2.50 bits per heavy atom. The molecule has 10 heavy (non-hydrogen) atoms. The number of carbonyl (C=O) groups excluding carboxylic acids is 1. The molecule has 2 nitrogen and oxygen atoms in total. The second-order valence-corrected chi connectivity index (χ2v) is 2.94. The van der Waals surface area contributed by atoms with Crippen molar-refractivity contribution >= 4 is 16.1 Å². The van der Waals surface area contributed by atoms with Crippen LogP contribution in [0.2, 0.25) is 6.04 Å². The highest BCUT2D eigenvalue weighted by atomic mass is 28.1. The zero-order chi connectivity index (χ0) is 8.15. The van der Waals surface area contributed by atoms with Crippen molar-refractivity contribution < 1.29 is 4.79 Å². The molecule has 0 aliphatic heterocycles. The molecule has 0 saturated heterocycles. The fourth-order valence-electron chi connectivity index (χ4n) is 0.628. The standard InChI is InChI=1S/C7H15NOSi/c1-4-6(2)8(3)7(9)5-10/h4H,5H2,1-3,10H3. The number of carbonyl (C=O) groups is 1. The van der Waals surface area contributed by atoms with E-state index in [1.54, 1.807) is 4.90 Å². The third kappa shape index (κ3) is 2.35. The van der Waals surface area contributed by atoms with Gasteiger partial charge in [-0.05, 0) is 13.8 Å². The lowest BCUT2D eigenvalue weighted by Gasteiger charge is -2.15. The number of allylic oxidation sites excluding steroid dienone is 2. The van der Waals surface area contributed by atoms with Crippen LogP contribution in [0.25, 0.3) is 0 Å². The van der Waals surface area contributed by atoms with Gasteiger partial charge in [0.1, 0.15) is 0 Å². The van der Waals surface area contributed by atoms with Crippen LogP contribution in [0.1, 0.15) is 13.8 Å². The minimum atomic E-state index is 0.224. The van der Waals surface area contributed by atoms with Crippen molar-refractivity contribution in [1.82, 2.24) is 4.90 Å². The fourth-order valence-corrected chi connectivity index (χ4v) is 1.10. The molecule has 0 aliphatic carbocycles. The SMILES string of the molecule is CC=C(C)N(C)C(=O)C[SiH3]. The van der Waals surface area contributed by atoms with Crippen molar-refractivity contribution in [2.45, 2.75) is 19.9 Å². The van der Waals surface area contributed by atoms with Gasteiger partial charge < -0.3 is 4.90 Å². The van der Waals surface area contributed by atoms with Gasteiger partial charge in [-0.25, -0.2) is 0 Å². The normalized spacial score (nSPS) is 11.7. The summed E-state index contributed by atoms with van der Waals surface area (Å²) in [5.41, 5.74) is 1.03. The summed E-state index contributed by atoms with van der Waals surface area (Å²) >= 11 is 0. The van der Waals surface area contributed by atoms with Crippen LogP contribution in [0.15, 0.2) is 11.8 Å². The fraction of sp³-hybridized carbons (Fsp3) is 0.571. The first-order valence-electron chi connectivity index (χ1n) is 3.53. The predicted molar refractivity (Wildman–Crippen MR) is 46.9 cm³/mol. The lowest BCUT2D eigenvalue weighted by molar-refractivity contribution is -0.125. The van der Waals surface area contributed by atoms with E-state index in [0.717, 1.165) is 15.9 Å². The highest BCUT2D eigenvalue weighted by molar-refractivity contribution is 6.19. The van der Waals surface area contributed by atoms with Crippen molar-refractivity contribution in [2.24, 2.45) is 0 Å². The zero-order valence-electron chi connectivity index (χ0n) is 7.14. The monoisotopic (exact) mass is 157 g/mol. The van der Waals surface area contributed by atoms with Crippen molar-refractivity contribution in [2.75, 3.05) is 7.05 Å². The minimum Gasteiger partial charge on any atom is -0.320 e. The van der Waals surface area contributed by atoms with Crippen LogP contribution in [0.4, 0.5) is 0 Å². The Hall–Kier alpha value is -0.573. The maximum atomic E-state index is 11.0. The quantitative estimate of drug-likeness (QED) is 0.523. The van der Waals surface area contributed by atoms with Gasteiger partial charge in [0, 0.05) is 29.0 Å². The lowest BCUT2D eigenvalue weighted by atomic mass is 10.4. The summed E-state index contributed by atoms with van der Waals surface area (Å²) in [5.74, 6) is 0.224. The second-order valence-electron chi connectivity index (χ2n) is 2.24. The molecule has 0 bridgehead atoms. The average Bonchev–Trinajstić information content (AvgIpc) is 2.00. The van der Waals surface area contributed by atoms with Gasteiger partial charge in [0.15, 0.2) is 0 Å². The molecule has 0 heterocycles. The molecule has 0 aliphatic rings. The first-order valence-corrected chi connectivity index (χ1v) is 4.94. The number of hydrogen-bond acceptors (Lipinski definition) is 1. The first kappa shape index (κ1) is 9.43. The molecule has 1 amide bonds. The molecule has 0 aromatic rings. The van der Waals surface area contributed by atoms with Gasteiger partial charge in [-0.1, -0.05) is 6.08 Å². The van der Waals surface area contributed by atoms with Gasteiger partial charge >= 0.3 is 0 Å². The van der Waals surface area contributed by atoms with Crippen LogP contribution in [-0.2, 0) is 4.79 Å². The number of amides is 1. The number of nitrogens with zero attached hydrogens (tertiary/aromatic N) is 1. The molecule has 0 saturated carbocycles. The van der Waals surface area contributed by atoms with Gasteiger partial charge in [0.05, 0.1) is 0 Å². The summed E-state index contributed by atoms with van der Waals surface area (Å²) < 4.78 is 0. The van der Waals surface area contributed by atoms with Crippen molar-refractivity contribution in [3.8, 4) is 0 Å². The number of rotatable bonds is 2. The molecule has 0 aromatic carbocycles. The van der Waals surface area contributed by atoms with Crippen molar-refractivity contribution in [1.29, 1.82) is 0 Å². The molecular formula is C7H15NOSi. The summed E-state index contributed by atoms with van der Waals surface area (Å²) in [5, 5.41) is 0. The van der Waals surface area contributed by atoms with Crippen molar-refractivity contribution in [3.63, 3.8) is 0 Å². The van der Waals surface area contributed by atoms with Gasteiger partial charge in [-0.2, -0.15) is 0 Å². The highest BCUT2D eigenvalue weighted by Crippen LogP contribution is 2.00. The first-order chi connectivity index (χ1) is 4.63. The van der Waals surface area contributed by atoms with Gasteiger partial charge in [-0.15, -0.1) is 0 Å². The molecule has 0 fully saturated rings. The molecule has 0 aromatic heterocycles. The molecule has 0 rings (SSSR count). The van der Waals surface area contributed by atoms with E-state index in [-0.39, 0.29) is 5.91 Å². The summed E-state index contributed by atoms with van der Waals surface area (Å²) in [7, 11) is 2.77. The molecular weight excluding hydrogens is 142 g/mol. The summed E-state index contributed by atoms with van der Waals surface area (Å²) in [6.07, 6.45) is 1.94. The minimum absolute atomic E-state index is 0.224.